The molecule has 0 radical (unpaired) electrons. The number of aromatic nitrogens is 2. The number of nitro benzene ring substituents is 1. The molecule has 1 aromatic heterocycles. The van der Waals surface area contributed by atoms with E-state index in [2.05, 4.69) is 20.4 Å². The number of piperidine rings is 1. The standard InChI is InChI=1S/C17H19N5O4/c1-26-12-5-6-13(15(11-12)22(24)25)18-17(23)14-7-8-16(20-19-14)21-9-3-2-4-10-21/h5-8,11H,2-4,9-10H2,1H3,(H,18,23). The molecule has 2 heterocycles. The first kappa shape index (κ1) is 17.6. The number of rotatable bonds is 5. The molecule has 1 aromatic carbocycles. The first-order valence-corrected chi connectivity index (χ1v) is 8.31. The van der Waals surface area contributed by atoms with Gasteiger partial charge in [0, 0.05) is 13.1 Å². The monoisotopic (exact) mass is 357 g/mol. The Bertz CT molecular complexity index is 803. The van der Waals surface area contributed by atoms with Crippen LogP contribution in [0.4, 0.5) is 17.2 Å². The molecule has 1 N–H and O–H groups in total. The number of amides is 1. The largest absolute Gasteiger partial charge is 0.496 e. The van der Waals surface area contributed by atoms with Crippen molar-refractivity contribution in [1.29, 1.82) is 0 Å². The summed E-state index contributed by atoms with van der Waals surface area (Å²) < 4.78 is 4.98. The van der Waals surface area contributed by atoms with E-state index in [1.807, 2.05) is 0 Å². The lowest BCUT2D eigenvalue weighted by atomic mass is 10.1. The number of methoxy groups -OCH3 is 1. The molecular formula is C17H19N5O4. The van der Waals surface area contributed by atoms with Crippen LogP contribution in [0, 0.1) is 10.1 Å². The molecule has 1 fully saturated rings. The van der Waals surface area contributed by atoms with E-state index in [0.29, 0.717) is 5.75 Å². The van der Waals surface area contributed by atoms with Crippen LogP contribution in [0.15, 0.2) is 30.3 Å². The fraction of sp³-hybridized carbons (Fsp3) is 0.353. The minimum atomic E-state index is -0.580. The number of anilines is 2. The molecule has 0 unspecified atom stereocenters. The summed E-state index contributed by atoms with van der Waals surface area (Å²) in [6.45, 7) is 1.86. The predicted molar refractivity (Wildman–Crippen MR) is 95.7 cm³/mol. The van der Waals surface area contributed by atoms with Crippen molar-refractivity contribution in [2.75, 3.05) is 30.4 Å². The maximum atomic E-state index is 12.3. The van der Waals surface area contributed by atoms with Gasteiger partial charge < -0.3 is 15.0 Å². The van der Waals surface area contributed by atoms with Gasteiger partial charge in [-0.2, -0.15) is 0 Å². The van der Waals surface area contributed by atoms with Crippen molar-refractivity contribution in [3.63, 3.8) is 0 Å². The Morgan fingerprint density at radius 2 is 1.96 bits per heavy atom. The van der Waals surface area contributed by atoms with Crippen LogP contribution in [0.3, 0.4) is 0 Å². The molecule has 0 spiro atoms. The number of carbonyl (C=O) groups excluding carboxylic acids is 1. The van der Waals surface area contributed by atoms with E-state index in [1.54, 1.807) is 12.1 Å². The van der Waals surface area contributed by atoms with Crippen LogP contribution in [-0.2, 0) is 0 Å². The number of nitrogens with zero attached hydrogens (tertiary/aromatic N) is 4. The molecule has 1 aliphatic heterocycles. The average Bonchev–Trinajstić information content (AvgIpc) is 2.69. The summed E-state index contributed by atoms with van der Waals surface area (Å²) in [5.74, 6) is 0.507. The van der Waals surface area contributed by atoms with Crippen molar-refractivity contribution in [2.45, 2.75) is 19.3 Å². The molecular weight excluding hydrogens is 338 g/mol. The SMILES string of the molecule is COc1ccc(NC(=O)c2ccc(N3CCCCC3)nn2)c([N+](=O)[O-])c1. The van der Waals surface area contributed by atoms with E-state index in [1.165, 1.54) is 31.7 Å². The van der Waals surface area contributed by atoms with Gasteiger partial charge in [0.15, 0.2) is 11.5 Å². The van der Waals surface area contributed by atoms with Gasteiger partial charge in [-0.25, -0.2) is 0 Å². The van der Waals surface area contributed by atoms with E-state index in [-0.39, 0.29) is 17.1 Å². The number of benzene rings is 1. The highest BCUT2D eigenvalue weighted by molar-refractivity contribution is 6.04. The first-order chi connectivity index (χ1) is 12.6. The molecule has 26 heavy (non-hydrogen) atoms. The van der Waals surface area contributed by atoms with E-state index >= 15 is 0 Å². The van der Waals surface area contributed by atoms with Crippen LogP contribution in [-0.4, -0.2) is 41.2 Å². The summed E-state index contributed by atoms with van der Waals surface area (Å²) >= 11 is 0. The van der Waals surface area contributed by atoms with Crippen molar-refractivity contribution >= 4 is 23.1 Å². The smallest absolute Gasteiger partial charge is 0.296 e. The second kappa shape index (κ2) is 7.77. The van der Waals surface area contributed by atoms with Gasteiger partial charge in [-0.15, -0.1) is 10.2 Å². The topological polar surface area (TPSA) is 110 Å². The van der Waals surface area contributed by atoms with Crippen LogP contribution in [0.1, 0.15) is 29.8 Å². The Morgan fingerprint density at radius 3 is 2.58 bits per heavy atom. The maximum Gasteiger partial charge on any atom is 0.296 e. The van der Waals surface area contributed by atoms with Gasteiger partial charge in [-0.05, 0) is 43.5 Å². The zero-order chi connectivity index (χ0) is 18.5. The highest BCUT2D eigenvalue weighted by atomic mass is 16.6. The summed E-state index contributed by atoms with van der Waals surface area (Å²) in [7, 11) is 1.41. The number of nitro groups is 1. The fourth-order valence-electron chi connectivity index (χ4n) is 2.82. The highest BCUT2D eigenvalue weighted by Gasteiger charge is 2.19. The Balaban J connectivity index is 1.74. The Morgan fingerprint density at radius 1 is 1.19 bits per heavy atom. The third-order valence-electron chi connectivity index (χ3n) is 4.21. The maximum absolute atomic E-state index is 12.3. The molecule has 0 bridgehead atoms. The van der Waals surface area contributed by atoms with Gasteiger partial charge in [0.1, 0.15) is 11.4 Å². The molecule has 0 aliphatic carbocycles. The van der Waals surface area contributed by atoms with Crippen LogP contribution in [0.2, 0.25) is 0 Å². The van der Waals surface area contributed by atoms with Gasteiger partial charge in [0.05, 0.1) is 18.1 Å². The quantitative estimate of drug-likeness (QED) is 0.647. The molecule has 136 valence electrons. The molecule has 0 saturated carbocycles. The zero-order valence-corrected chi connectivity index (χ0v) is 14.3. The lowest BCUT2D eigenvalue weighted by Gasteiger charge is -2.27. The number of hydrogen-bond acceptors (Lipinski definition) is 7. The predicted octanol–water partition coefficient (Wildman–Crippen LogP) is 2.64. The molecule has 1 amide bonds. The lowest BCUT2D eigenvalue weighted by Crippen LogP contribution is -2.30. The normalized spacial score (nSPS) is 14.0. The van der Waals surface area contributed by atoms with Gasteiger partial charge in [-0.3, -0.25) is 14.9 Å². The molecule has 1 aliphatic rings. The second-order valence-corrected chi connectivity index (χ2v) is 5.92. The number of nitrogens with one attached hydrogen (secondary N) is 1. The number of carbonyl (C=O) groups is 1. The molecule has 1 saturated heterocycles. The number of ether oxygens (including phenoxy) is 1. The van der Waals surface area contributed by atoms with Crippen molar-refractivity contribution in [3.8, 4) is 5.75 Å². The molecule has 3 rings (SSSR count). The van der Waals surface area contributed by atoms with Gasteiger partial charge in [0.25, 0.3) is 11.6 Å². The van der Waals surface area contributed by atoms with Crippen molar-refractivity contribution in [3.05, 3.63) is 46.1 Å². The lowest BCUT2D eigenvalue weighted by molar-refractivity contribution is -0.384. The van der Waals surface area contributed by atoms with Crippen LogP contribution in [0.25, 0.3) is 0 Å². The molecule has 9 heteroatoms. The Kier molecular flexibility index (Phi) is 5.26. The van der Waals surface area contributed by atoms with Gasteiger partial charge >= 0.3 is 0 Å². The van der Waals surface area contributed by atoms with Crippen LogP contribution < -0.4 is 15.0 Å². The summed E-state index contributed by atoms with van der Waals surface area (Å²) in [6, 6.07) is 7.52. The average molecular weight is 357 g/mol. The minimum absolute atomic E-state index is 0.0720. The van der Waals surface area contributed by atoms with E-state index in [4.69, 9.17) is 4.74 Å². The van der Waals surface area contributed by atoms with Crippen molar-refractivity contribution in [2.24, 2.45) is 0 Å². The summed E-state index contributed by atoms with van der Waals surface area (Å²) in [5.41, 5.74) is -0.0887. The Labute approximate surface area is 150 Å². The van der Waals surface area contributed by atoms with E-state index in [0.717, 1.165) is 31.7 Å². The summed E-state index contributed by atoms with van der Waals surface area (Å²) in [4.78, 5) is 25.1. The second-order valence-electron chi connectivity index (χ2n) is 5.92. The van der Waals surface area contributed by atoms with Crippen LogP contribution in [0.5, 0.6) is 5.75 Å². The first-order valence-electron chi connectivity index (χ1n) is 8.31. The van der Waals surface area contributed by atoms with Crippen molar-refractivity contribution in [1.82, 2.24) is 10.2 Å². The molecule has 0 atom stereocenters. The summed E-state index contributed by atoms with van der Waals surface area (Å²) in [5, 5.41) is 21.8. The number of hydrogen-bond donors (Lipinski definition) is 1. The van der Waals surface area contributed by atoms with Crippen molar-refractivity contribution < 1.29 is 14.5 Å². The third-order valence-corrected chi connectivity index (χ3v) is 4.21. The summed E-state index contributed by atoms with van der Waals surface area (Å²) in [6.07, 6.45) is 3.45. The zero-order valence-electron chi connectivity index (χ0n) is 14.3. The minimum Gasteiger partial charge on any atom is -0.496 e. The fourth-order valence-corrected chi connectivity index (χ4v) is 2.82. The third kappa shape index (κ3) is 3.88. The van der Waals surface area contributed by atoms with E-state index < -0.39 is 10.8 Å². The molecule has 2 aromatic rings. The van der Waals surface area contributed by atoms with Crippen LogP contribution >= 0.6 is 0 Å². The van der Waals surface area contributed by atoms with Gasteiger partial charge in [-0.1, -0.05) is 0 Å². The van der Waals surface area contributed by atoms with E-state index in [9.17, 15) is 14.9 Å². The van der Waals surface area contributed by atoms with Gasteiger partial charge in [0.2, 0.25) is 0 Å². The highest BCUT2D eigenvalue weighted by Crippen LogP contribution is 2.29. The Hall–Kier alpha value is -3.23. The molecule has 9 nitrogen and oxygen atoms in total.